The van der Waals surface area contributed by atoms with Gasteiger partial charge in [0.15, 0.2) is 56.1 Å². The molecule has 0 spiro atoms. The lowest BCUT2D eigenvalue weighted by molar-refractivity contribution is -0.134. The molecule has 30 heteroatoms. The smallest absolute Gasteiger partial charge is 0.300 e. The van der Waals surface area contributed by atoms with Gasteiger partial charge in [0.05, 0.1) is 39.4 Å². The van der Waals surface area contributed by atoms with Crippen LogP contribution in [0.3, 0.4) is 0 Å². The van der Waals surface area contributed by atoms with E-state index in [9.17, 15) is 33.2 Å². The Morgan fingerprint density at radius 3 is 1.28 bits per heavy atom. The number of carbonyl (C=O) groups excluding carboxylic acids is 6. The summed E-state index contributed by atoms with van der Waals surface area (Å²) in [6.45, 7) is 29.1. The molecule has 2 amide bonds. The molecule has 7 heterocycles. The third kappa shape index (κ3) is 24.9. The lowest BCUT2D eigenvalue weighted by atomic mass is 10.1. The largest absolute Gasteiger partial charge is 0.481 e. The van der Waals surface area contributed by atoms with Crippen LogP contribution in [0.1, 0.15) is 171 Å². The van der Waals surface area contributed by atoms with Crippen LogP contribution < -0.4 is 38.1 Å². The molecule has 99 heavy (non-hydrogen) atoms. The maximum absolute atomic E-state index is 13.9. The number of hydrogen-bond donors (Lipinski definition) is 9. The summed E-state index contributed by atoms with van der Waals surface area (Å²) in [6, 6.07) is 23.3. The first kappa shape index (κ1) is 84.6. The summed E-state index contributed by atoms with van der Waals surface area (Å²) in [5.41, 5.74) is 8.66. The summed E-state index contributed by atoms with van der Waals surface area (Å²) in [7, 11) is 0. The minimum absolute atomic E-state index is 0. The molecular formula is C69H86BrCl4FN16O8. The zero-order chi connectivity index (χ0) is 71.4. The molecule has 9 aromatic rings. The molecule has 24 nitrogen and oxygen atoms in total. The van der Waals surface area contributed by atoms with E-state index in [2.05, 4.69) is 87.7 Å². The maximum atomic E-state index is 13.9. The fourth-order valence-corrected chi connectivity index (χ4v) is 10.00. The Hall–Kier alpha value is -8.66. The highest BCUT2D eigenvalue weighted by atomic mass is 79.9. The van der Waals surface area contributed by atoms with Crippen molar-refractivity contribution in [2.75, 3.05) is 39.7 Å². The van der Waals surface area contributed by atoms with Gasteiger partial charge in [0.1, 0.15) is 27.9 Å². The summed E-state index contributed by atoms with van der Waals surface area (Å²) in [5.74, 6) is -0.221. The van der Waals surface area contributed by atoms with Gasteiger partial charge < -0.3 is 48.1 Å². The molecule has 1 saturated heterocycles. The van der Waals surface area contributed by atoms with E-state index in [-0.39, 0.29) is 101 Å². The number of benzene rings is 4. The SMILES string of the molecule is C.CC(=O)O.CC(=O)c1cccc2nc(Cl)c(NC(C)(C)C)nc12.CC(=O)c1cccc2nc(F)c(NC(C)(C)C)nc12.CC(C)(C)Nc1nc2c(-c3cc4c([nH]3)CCNC4=O)cccc2nc1Cl.CC(C)(C)Nc1nc2c(C(=O)CBr)cccc2nc1Cl.Cl.N.O=C1CCNC(=O)C1. The second-order valence-electron chi connectivity index (χ2n) is 26.2. The van der Waals surface area contributed by atoms with E-state index in [1.54, 1.807) is 54.6 Å². The number of alkyl halides is 1. The predicted molar refractivity (Wildman–Crippen MR) is 400 cm³/mol. The first-order chi connectivity index (χ1) is 44.7. The number of fused-ring (bicyclic) bond motifs is 5. The summed E-state index contributed by atoms with van der Waals surface area (Å²) >= 11 is 21.8. The van der Waals surface area contributed by atoms with Crippen LogP contribution >= 0.6 is 63.1 Å². The molecule has 0 saturated carbocycles. The number of para-hydroxylation sites is 4. The van der Waals surface area contributed by atoms with Crippen molar-refractivity contribution in [3.8, 4) is 11.3 Å². The molecule has 5 aromatic heterocycles. The third-order valence-electron chi connectivity index (χ3n) is 12.9. The van der Waals surface area contributed by atoms with Gasteiger partial charge in [-0.3, -0.25) is 33.6 Å². The molecule has 4 aromatic carbocycles. The molecule has 2 aliphatic heterocycles. The summed E-state index contributed by atoms with van der Waals surface area (Å²) in [5, 5.41) is 26.7. The van der Waals surface area contributed by atoms with Gasteiger partial charge in [-0.2, -0.15) is 4.39 Å². The van der Waals surface area contributed by atoms with E-state index in [1.165, 1.54) is 13.8 Å². The number of aromatic amines is 1. The lowest BCUT2D eigenvalue weighted by Crippen LogP contribution is -2.33. The number of carboxylic acid groups (broad SMARTS) is 1. The summed E-state index contributed by atoms with van der Waals surface area (Å²) in [6.07, 6.45) is 1.38. The molecule has 1 fully saturated rings. The number of nitrogens with zero attached hydrogens (tertiary/aromatic N) is 8. The Labute approximate surface area is 604 Å². The number of nitrogens with one attached hydrogen (secondary N) is 7. The number of aliphatic carboxylic acids is 1. The van der Waals surface area contributed by atoms with E-state index in [0.717, 1.165) is 35.8 Å². The first-order valence-electron chi connectivity index (χ1n) is 30.3. The van der Waals surface area contributed by atoms with E-state index in [1.807, 2.05) is 107 Å². The number of halogens is 6. The van der Waals surface area contributed by atoms with Crippen LogP contribution in [0.4, 0.5) is 27.7 Å². The van der Waals surface area contributed by atoms with Crippen LogP contribution in [-0.2, 0) is 20.8 Å². The minimum Gasteiger partial charge on any atom is -0.481 e. The Kier molecular flexibility index (Phi) is 30.7. The highest BCUT2D eigenvalue weighted by Gasteiger charge is 2.25. The molecule has 0 bridgehead atoms. The molecule has 11 rings (SSSR count). The van der Waals surface area contributed by atoms with Crippen molar-refractivity contribution < 1.29 is 43.1 Å². The summed E-state index contributed by atoms with van der Waals surface area (Å²) in [4.78, 5) is 115. The number of Topliss-reactive ketones (excluding diaryl/α,β-unsaturated/α-hetero) is 4. The van der Waals surface area contributed by atoms with Gasteiger partial charge in [-0.1, -0.05) is 88.5 Å². The van der Waals surface area contributed by atoms with Gasteiger partial charge in [-0.25, -0.2) is 39.9 Å². The van der Waals surface area contributed by atoms with Crippen LogP contribution in [0.2, 0.25) is 15.5 Å². The number of rotatable bonds is 9. The van der Waals surface area contributed by atoms with Crippen LogP contribution in [0.25, 0.3) is 55.4 Å². The van der Waals surface area contributed by atoms with Crippen molar-refractivity contribution >= 4 is 171 Å². The molecule has 532 valence electrons. The van der Waals surface area contributed by atoms with E-state index < -0.39 is 11.9 Å². The average Bonchev–Trinajstić information content (AvgIpc) is 1.75. The first-order valence-corrected chi connectivity index (χ1v) is 32.5. The number of anilines is 4. The van der Waals surface area contributed by atoms with Crippen molar-refractivity contribution in [2.45, 2.75) is 153 Å². The predicted octanol–water partition coefficient (Wildman–Crippen LogP) is 15.5. The molecule has 0 atom stereocenters. The molecular weight excluding hydrogens is 1420 g/mol. The fraction of sp³-hybridized carbons (Fsp3) is 0.377. The number of ketones is 4. The molecule has 2 aliphatic rings. The fourth-order valence-electron chi connectivity index (χ4n) is 9.15. The Morgan fingerprint density at radius 1 is 0.535 bits per heavy atom. The molecule has 11 N–H and O–H groups in total. The van der Waals surface area contributed by atoms with Crippen LogP contribution in [-0.4, -0.2) is 131 Å². The van der Waals surface area contributed by atoms with Crippen molar-refractivity contribution in [3.63, 3.8) is 0 Å². The second-order valence-corrected chi connectivity index (χ2v) is 27.9. The van der Waals surface area contributed by atoms with Crippen LogP contribution in [0, 0.1) is 5.95 Å². The topological polar surface area (TPSA) is 366 Å². The number of hydrogen-bond acceptors (Lipinski definition) is 20. The monoisotopic (exact) mass is 1500 g/mol. The number of carbonyl (C=O) groups is 7. The van der Waals surface area contributed by atoms with Crippen molar-refractivity contribution in [3.05, 3.63) is 128 Å². The number of H-pyrrole nitrogens is 1. The van der Waals surface area contributed by atoms with Crippen molar-refractivity contribution in [1.82, 2.24) is 61.6 Å². The number of piperidine rings is 1. The van der Waals surface area contributed by atoms with E-state index in [0.29, 0.717) is 113 Å². The maximum Gasteiger partial charge on any atom is 0.300 e. The highest BCUT2D eigenvalue weighted by Crippen LogP contribution is 2.33. The van der Waals surface area contributed by atoms with Gasteiger partial charge in [0, 0.05) is 88.7 Å². The Bertz CT molecular complexity index is 4300. The van der Waals surface area contributed by atoms with Crippen molar-refractivity contribution in [2.24, 2.45) is 0 Å². The van der Waals surface area contributed by atoms with Gasteiger partial charge >= 0.3 is 0 Å². The van der Waals surface area contributed by atoms with Gasteiger partial charge in [-0.15, -0.1) is 12.4 Å². The minimum atomic E-state index is -0.833. The third-order valence-corrected chi connectivity index (χ3v) is 14.2. The van der Waals surface area contributed by atoms with Gasteiger partial charge in [0.25, 0.3) is 17.8 Å². The highest BCUT2D eigenvalue weighted by molar-refractivity contribution is 9.09. The number of amides is 2. The number of carboxylic acids is 1. The quantitative estimate of drug-likeness (QED) is 0.0368. The molecule has 0 aliphatic carbocycles. The zero-order valence-corrected chi connectivity index (χ0v) is 61.8. The van der Waals surface area contributed by atoms with E-state index in [4.69, 9.17) is 49.7 Å². The lowest BCUT2D eigenvalue weighted by Gasteiger charge is -2.22. The van der Waals surface area contributed by atoms with E-state index >= 15 is 0 Å². The molecule has 0 radical (unpaired) electrons. The average molecular weight is 1510 g/mol. The normalized spacial score (nSPS) is 12.5. The number of aromatic nitrogens is 9. The Morgan fingerprint density at radius 2 is 0.899 bits per heavy atom. The van der Waals surface area contributed by atoms with Gasteiger partial charge in [0.2, 0.25) is 5.91 Å². The van der Waals surface area contributed by atoms with Crippen LogP contribution in [0.15, 0.2) is 78.9 Å². The standard InChI is InChI=1S/C19H20ClN5O.C14H15BrClN3O.C14H16ClN3O.C14H16FN3O.C5H7NO2.C2H4O2.CH4.ClH.H3N/c1-19(2,3)25-17-16(20)23-13-6-4-5-10(15(13)24-17)14-9-11-12(22-14)7-8-21-18(11)26;1-14(2,3)19-13-12(16)17-9-6-4-5-8(10(20)7-15)11(9)18-13;2*1-8(19)9-6-5-7-10-11(9)17-13(12(15)16-10)18-14(2,3)4;7-4-1-2-6-5(8)3-4;1-2(3)4;;;/h4-6,9,22H,7-8H2,1-3H3,(H,21,26)(H,24,25);4-6H,7H2,1-3H3,(H,18,19);2*5-7H,1-4H3,(H,17,18);1-3H2,(H,6,8);1H3,(H,3,4);1H4;1H;1H3. The summed E-state index contributed by atoms with van der Waals surface area (Å²) < 4.78 is 13.9. The van der Waals surface area contributed by atoms with Crippen LogP contribution in [0.5, 0.6) is 0 Å². The molecule has 0 unspecified atom stereocenters. The zero-order valence-electron chi connectivity index (χ0n) is 57.1. The van der Waals surface area contributed by atoms with Gasteiger partial charge in [-0.05, 0) is 145 Å². The Balaban J connectivity index is 0.000000324. The van der Waals surface area contributed by atoms with Crippen molar-refractivity contribution in [1.29, 1.82) is 0 Å². The second kappa shape index (κ2) is 35.9.